The summed E-state index contributed by atoms with van der Waals surface area (Å²) in [5, 5.41) is 3.58. The third kappa shape index (κ3) is 6.63. The predicted octanol–water partition coefficient (Wildman–Crippen LogP) is 8.13. The molecule has 9 heteroatoms. The van der Waals surface area contributed by atoms with Crippen molar-refractivity contribution in [2.24, 2.45) is 0 Å². The van der Waals surface area contributed by atoms with Gasteiger partial charge in [-0.3, -0.25) is 4.79 Å². The summed E-state index contributed by atoms with van der Waals surface area (Å²) in [6, 6.07) is 14.9. The number of amides is 1. The first kappa shape index (κ1) is 31.5. The summed E-state index contributed by atoms with van der Waals surface area (Å²) in [5.74, 6) is -1.95. The minimum absolute atomic E-state index is 0.0778. The van der Waals surface area contributed by atoms with Crippen LogP contribution in [0.25, 0.3) is 0 Å². The van der Waals surface area contributed by atoms with E-state index in [-0.39, 0.29) is 23.9 Å². The first-order chi connectivity index (χ1) is 20.0. The highest BCUT2D eigenvalue weighted by Gasteiger charge is 2.49. The van der Waals surface area contributed by atoms with Crippen LogP contribution in [0.1, 0.15) is 79.5 Å². The first-order valence-electron chi connectivity index (χ1n) is 13.8. The number of methoxy groups -OCH3 is 1. The van der Waals surface area contributed by atoms with E-state index in [1.807, 2.05) is 19.9 Å². The Morgan fingerprint density at radius 2 is 1.71 bits per heavy atom. The molecule has 0 aliphatic heterocycles. The second-order valence-corrected chi connectivity index (χ2v) is 11.8. The zero-order valence-electron chi connectivity index (χ0n) is 24.0. The fourth-order valence-corrected chi connectivity index (χ4v) is 6.37. The highest BCUT2D eigenvalue weighted by Crippen LogP contribution is 2.51. The Kier molecular flexibility index (Phi) is 9.95. The molecule has 1 fully saturated rings. The third-order valence-electron chi connectivity index (χ3n) is 8.20. The average Bonchev–Trinajstić information content (AvgIpc) is 2.92. The number of anilines is 1. The second-order valence-electron chi connectivity index (χ2n) is 10.9. The standard InChI is InChI=1S/C33H34Cl2FNO5/c1-19-6-9-24(36)17-26(19)21(3)31(25-10-7-23(35)16-29(25)37-18-38)28(14-20(2)39)27-15-22(34)8-11-30(27)42-33(12-5-13-33)32(40)41-4/h6-11,15-18,21,28,31H,5,12-14H2,1-4H3,(H,37,38). The number of aryl methyl sites for hydroxylation is 1. The number of halogens is 3. The van der Waals surface area contributed by atoms with Crippen LogP contribution in [0.4, 0.5) is 10.1 Å². The van der Waals surface area contributed by atoms with E-state index in [9.17, 15) is 18.8 Å². The number of hydrogen-bond acceptors (Lipinski definition) is 5. The number of carbonyl (C=O) groups excluding carboxylic acids is 3. The number of Topliss-reactive ketones (excluding diaryl/α,β-unsaturated/α-hetero) is 1. The number of esters is 1. The summed E-state index contributed by atoms with van der Waals surface area (Å²) in [4.78, 5) is 37.4. The molecular formula is C33H34Cl2FNO5. The van der Waals surface area contributed by atoms with E-state index in [1.165, 1.54) is 26.2 Å². The van der Waals surface area contributed by atoms with Crippen LogP contribution in [0.3, 0.4) is 0 Å². The maximum atomic E-state index is 14.6. The maximum Gasteiger partial charge on any atom is 0.350 e. The molecule has 1 saturated carbocycles. The number of ether oxygens (including phenoxy) is 2. The zero-order chi connectivity index (χ0) is 30.6. The molecule has 3 unspecified atom stereocenters. The van der Waals surface area contributed by atoms with Crippen LogP contribution >= 0.6 is 23.2 Å². The van der Waals surface area contributed by atoms with Gasteiger partial charge in [-0.1, -0.05) is 42.3 Å². The van der Waals surface area contributed by atoms with E-state index >= 15 is 0 Å². The molecule has 1 aliphatic rings. The molecule has 1 aliphatic carbocycles. The van der Waals surface area contributed by atoms with Crippen LogP contribution in [0.5, 0.6) is 5.75 Å². The first-order valence-corrected chi connectivity index (χ1v) is 14.6. The van der Waals surface area contributed by atoms with Crippen molar-refractivity contribution in [2.75, 3.05) is 12.4 Å². The summed E-state index contributed by atoms with van der Waals surface area (Å²) < 4.78 is 26.1. The van der Waals surface area contributed by atoms with Crippen molar-refractivity contribution in [3.63, 3.8) is 0 Å². The van der Waals surface area contributed by atoms with E-state index in [0.717, 1.165) is 17.5 Å². The maximum absolute atomic E-state index is 14.6. The lowest BCUT2D eigenvalue weighted by Gasteiger charge is -2.41. The number of rotatable bonds is 12. The number of carbonyl (C=O) groups is 3. The Hall–Kier alpha value is -3.42. The minimum atomic E-state index is -1.14. The number of benzene rings is 3. The van der Waals surface area contributed by atoms with Gasteiger partial charge >= 0.3 is 5.97 Å². The summed E-state index contributed by atoms with van der Waals surface area (Å²) in [6.07, 6.45) is 2.43. The van der Waals surface area contributed by atoms with Gasteiger partial charge in [0.25, 0.3) is 0 Å². The van der Waals surface area contributed by atoms with Crippen molar-refractivity contribution < 1.29 is 28.2 Å². The number of nitrogens with one attached hydrogen (secondary N) is 1. The fourth-order valence-electron chi connectivity index (χ4n) is 6.02. The predicted molar refractivity (Wildman–Crippen MR) is 162 cm³/mol. The van der Waals surface area contributed by atoms with Gasteiger partial charge in [-0.25, -0.2) is 9.18 Å². The van der Waals surface area contributed by atoms with Crippen LogP contribution in [0.2, 0.25) is 10.0 Å². The van der Waals surface area contributed by atoms with E-state index in [2.05, 4.69) is 5.32 Å². The molecule has 0 heterocycles. The zero-order valence-corrected chi connectivity index (χ0v) is 25.5. The van der Waals surface area contributed by atoms with Gasteiger partial charge in [0.15, 0.2) is 0 Å². The van der Waals surface area contributed by atoms with Crippen molar-refractivity contribution in [3.05, 3.63) is 92.7 Å². The van der Waals surface area contributed by atoms with E-state index in [1.54, 1.807) is 36.4 Å². The molecule has 0 spiro atoms. The summed E-state index contributed by atoms with van der Waals surface area (Å²) in [6.45, 7) is 5.37. The lowest BCUT2D eigenvalue weighted by atomic mass is 9.69. The van der Waals surface area contributed by atoms with E-state index in [0.29, 0.717) is 51.9 Å². The quantitative estimate of drug-likeness (QED) is 0.165. The molecule has 0 radical (unpaired) electrons. The molecule has 3 aromatic rings. The number of ketones is 1. The SMILES string of the molecule is COC(=O)C1(Oc2ccc(Cl)cc2C(CC(C)=O)C(c2ccc(Cl)cc2NC=O)C(C)c2cc(F)ccc2C)CCC1. The highest BCUT2D eigenvalue weighted by molar-refractivity contribution is 6.31. The molecule has 1 N–H and O–H groups in total. The second kappa shape index (κ2) is 13.3. The van der Waals surface area contributed by atoms with Crippen LogP contribution in [-0.4, -0.2) is 30.9 Å². The minimum Gasteiger partial charge on any atom is -0.475 e. The smallest absolute Gasteiger partial charge is 0.350 e. The van der Waals surface area contributed by atoms with Gasteiger partial charge in [0.05, 0.1) is 7.11 Å². The van der Waals surface area contributed by atoms with Crippen molar-refractivity contribution >= 4 is 47.1 Å². The molecular weight excluding hydrogens is 580 g/mol. The van der Waals surface area contributed by atoms with Crippen LogP contribution < -0.4 is 10.1 Å². The molecule has 3 aromatic carbocycles. The lowest BCUT2D eigenvalue weighted by molar-refractivity contribution is -0.167. The molecule has 1 amide bonds. The highest BCUT2D eigenvalue weighted by atomic mass is 35.5. The summed E-state index contributed by atoms with van der Waals surface area (Å²) in [5.41, 5.74) is 2.26. The Morgan fingerprint density at radius 1 is 1.02 bits per heavy atom. The molecule has 6 nitrogen and oxygen atoms in total. The van der Waals surface area contributed by atoms with Crippen LogP contribution in [0, 0.1) is 12.7 Å². The normalized spacial score (nSPS) is 16.0. The molecule has 0 aromatic heterocycles. The van der Waals surface area contributed by atoms with Crippen LogP contribution in [-0.2, 0) is 19.1 Å². The Labute approximate surface area is 255 Å². The molecule has 42 heavy (non-hydrogen) atoms. The molecule has 0 saturated heterocycles. The van der Waals surface area contributed by atoms with Gasteiger partial charge in [-0.2, -0.15) is 0 Å². The lowest BCUT2D eigenvalue weighted by Crippen LogP contribution is -2.51. The topological polar surface area (TPSA) is 81.7 Å². The molecule has 0 bridgehead atoms. The summed E-state index contributed by atoms with van der Waals surface area (Å²) >= 11 is 12.9. The van der Waals surface area contributed by atoms with Crippen molar-refractivity contribution in [3.8, 4) is 5.75 Å². The third-order valence-corrected chi connectivity index (χ3v) is 8.67. The van der Waals surface area contributed by atoms with Gasteiger partial charge in [0.1, 0.15) is 17.3 Å². The van der Waals surface area contributed by atoms with Crippen molar-refractivity contribution in [1.82, 2.24) is 0 Å². The van der Waals surface area contributed by atoms with Gasteiger partial charge in [-0.05, 0) is 110 Å². The average molecular weight is 615 g/mol. The van der Waals surface area contributed by atoms with Crippen molar-refractivity contribution in [1.29, 1.82) is 0 Å². The molecule has 222 valence electrons. The van der Waals surface area contributed by atoms with Gasteiger partial charge in [0, 0.05) is 28.1 Å². The van der Waals surface area contributed by atoms with Gasteiger partial charge in [0.2, 0.25) is 12.0 Å². The monoisotopic (exact) mass is 613 g/mol. The van der Waals surface area contributed by atoms with Gasteiger partial charge in [-0.15, -0.1) is 0 Å². The Bertz CT molecular complexity index is 1490. The summed E-state index contributed by atoms with van der Waals surface area (Å²) in [7, 11) is 1.33. The Balaban J connectivity index is 1.98. The van der Waals surface area contributed by atoms with E-state index in [4.69, 9.17) is 32.7 Å². The van der Waals surface area contributed by atoms with E-state index < -0.39 is 23.4 Å². The van der Waals surface area contributed by atoms with Crippen LogP contribution in [0.15, 0.2) is 54.6 Å². The molecule has 4 rings (SSSR count). The number of hydrogen-bond donors (Lipinski definition) is 1. The largest absolute Gasteiger partial charge is 0.475 e. The van der Waals surface area contributed by atoms with Gasteiger partial charge < -0.3 is 19.6 Å². The van der Waals surface area contributed by atoms with Crippen molar-refractivity contribution in [2.45, 2.75) is 69.8 Å². The fraction of sp³-hybridized carbons (Fsp3) is 0.364. The Morgan fingerprint density at radius 3 is 2.33 bits per heavy atom. The molecule has 3 atom stereocenters.